The maximum absolute atomic E-state index is 12.4. The van der Waals surface area contributed by atoms with Gasteiger partial charge in [0.2, 0.25) is 11.8 Å². The molecule has 1 aliphatic heterocycles. The molecule has 2 amide bonds. The van der Waals surface area contributed by atoms with E-state index in [1.807, 2.05) is 55.7 Å². The van der Waals surface area contributed by atoms with E-state index < -0.39 is 0 Å². The zero-order chi connectivity index (χ0) is 18.8. The number of aryl methyl sites for hydroxylation is 2. The zero-order valence-corrected chi connectivity index (χ0v) is 16.0. The predicted molar refractivity (Wildman–Crippen MR) is 101 cm³/mol. The number of hydrogen-bond acceptors (Lipinski definition) is 4. The van der Waals surface area contributed by atoms with Crippen LogP contribution in [0.15, 0.2) is 18.2 Å². The minimum atomic E-state index is -0.259. The van der Waals surface area contributed by atoms with Gasteiger partial charge in [0, 0.05) is 39.6 Å². The summed E-state index contributed by atoms with van der Waals surface area (Å²) >= 11 is 0. The van der Waals surface area contributed by atoms with Gasteiger partial charge >= 0.3 is 0 Å². The fourth-order valence-electron chi connectivity index (χ4n) is 3.29. The number of aromatic nitrogens is 2. The van der Waals surface area contributed by atoms with Crippen LogP contribution in [0, 0.1) is 12.8 Å². The van der Waals surface area contributed by atoms with Crippen molar-refractivity contribution in [1.82, 2.24) is 24.7 Å². The summed E-state index contributed by atoms with van der Waals surface area (Å²) in [6.07, 6.45) is 0.303. The quantitative estimate of drug-likeness (QED) is 0.834. The third kappa shape index (κ3) is 3.88. The normalized spacial score (nSPS) is 17.5. The Balaban J connectivity index is 1.56. The van der Waals surface area contributed by atoms with Gasteiger partial charge in [-0.25, -0.2) is 4.98 Å². The molecule has 1 N–H and O–H groups in total. The molecule has 7 nitrogen and oxygen atoms in total. The molecule has 1 aromatic carbocycles. The largest absolute Gasteiger partial charge is 0.352 e. The summed E-state index contributed by atoms with van der Waals surface area (Å²) in [5.41, 5.74) is 3.02. The minimum absolute atomic E-state index is 0.0528. The van der Waals surface area contributed by atoms with E-state index in [0.29, 0.717) is 26.1 Å². The van der Waals surface area contributed by atoms with E-state index in [2.05, 4.69) is 10.3 Å². The van der Waals surface area contributed by atoms with Crippen LogP contribution >= 0.6 is 0 Å². The first-order chi connectivity index (χ1) is 12.3. The van der Waals surface area contributed by atoms with Gasteiger partial charge in [0.25, 0.3) is 0 Å². The lowest BCUT2D eigenvalue weighted by atomic mass is 10.1. The number of rotatable bonds is 6. The Morgan fingerprint density at radius 3 is 2.88 bits per heavy atom. The zero-order valence-electron chi connectivity index (χ0n) is 16.0. The van der Waals surface area contributed by atoms with Crippen molar-refractivity contribution in [2.45, 2.75) is 19.9 Å². The Bertz CT molecular complexity index is 827. The topological polar surface area (TPSA) is 70.5 Å². The predicted octanol–water partition coefficient (Wildman–Crippen LogP) is 0.908. The van der Waals surface area contributed by atoms with Crippen LogP contribution in [-0.2, 0) is 23.2 Å². The van der Waals surface area contributed by atoms with Crippen LogP contribution in [0.2, 0.25) is 0 Å². The molecule has 0 radical (unpaired) electrons. The number of likely N-dealkylation sites (tertiary alicyclic amines) is 1. The smallest absolute Gasteiger partial charge is 0.225 e. The van der Waals surface area contributed by atoms with Crippen LogP contribution in [0.25, 0.3) is 11.0 Å². The van der Waals surface area contributed by atoms with Crippen molar-refractivity contribution in [3.8, 4) is 0 Å². The molecule has 7 heteroatoms. The monoisotopic (exact) mass is 357 g/mol. The van der Waals surface area contributed by atoms with Crippen molar-refractivity contribution < 1.29 is 9.59 Å². The van der Waals surface area contributed by atoms with E-state index in [0.717, 1.165) is 29.0 Å². The van der Waals surface area contributed by atoms with Crippen molar-refractivity contribution >= 4 is 22.8 Å². The van der Waals surface area contributed by atoms with Crippen LogP contribution in [0.1, 0.15) is 17.8 Å². The van der Waals surface area contributed by atoms with Crippen molar-refractivity contribution in [3.05, 3.63) is 29.6 Å². The lowest BCUT2D eigenvalue weighted by Gasteiger charge is -2.19. The lowest BCUT2D eigenvalue weighted by Crippen LogP contribution is -2.35. The first-order valence-corrected chi connectivity index (χ1v) is 8.97. The van der Waals surface area contributed by atoms with E-state index in [9.17, 15) is 9.59 Å². The molecular formula is C19H27N5O2. The molecular weight excluding hydrogens is 330 g/mol. The lowest BCUT2D eigenvalue weighted by molar-refractivity contribution is -0.129. The fourth-order valence-corrected chi connectivity index (χ4v) is 3.29. The molecule has 140 valence electrons. The van der Waals surface area contributed by atoms with Gasteiger partial charge in [0.15, 0.2) is 0 Å². The fraction of sp³-hybridized carbons (Fsp3) is 0.526. The molecule has 2 aromatic rings. The van der Waals surface area contributed by atoms with E-state index in [1.54, 1.807) is 4.90 Å². The molecule has 0 bridgehead atoms. The molecule has 1 atom stereocenters. The van der Waals surface area contributed by atoms with Crippen LogP contribution in [0.4, 0.5) is 0 Å². The highest BCUT2D eigenvalue weighted by Crippen LogP contribution is 2.19. The average molecular weight is 357 g/mol. The molecule has 26 heavy (non-hydrogen) atoms. The van der Waals surface area contributed by atoms with Gasteiger partial charge in [-0.1, -0.05) is 6.07 Å². The second-order valence-electron chi connectivity index (χ2n) is 7.30. The Morgan fingerprint density at radius 1 is 1.38 bits per heavy atom. The van der Waals surface area contributed by atoms with Gasteiger partial charge in [-0.15, -0.1) is 0 Å². The van der Waals surface area contributed by atoms with Crippen LogP contribution in [0.3, 0.4) is 0 Å². The highest BCUT2D eigenvalue weighted by Gasteiger charge is 2.33. The summed E-state index contributed by atoms with van der Waals surface area (Å²) in [6, 6.07) is 6.04. The number of hydrogen-bond donors (Lipinski definition) is 1. The number of carbonyl (C=O) groups is 2. The number of benzene rings is 1. The molecule has 0 aliphatic carbocycles. The summed E-state index contributed by atoms with van der Waals surface area (Å²) in [5, 5.41) is 2.97. The van der Waals surface area contributed by atoms with Crippen molar-refractivity contribution in [2.24, 2.45) is 13.0 Å². The summed E-state index contributed by atoms with van der Waals surface area (Å²) < 4.78 is 2.05. The van der Waals surface area contributed by atoms with Gasteiger partial charge in [-0.05, 0) is 38.7 Å². The highest BCUT2D eigenvalue weighted by atomic mass is 16.2. The molecule has 2 heterocycles. The van der Waals surface area contributed by atoms with Gasteiger partial charge < -0.3 is 19.7 Å². The van der Waals surface area contributed by atoms with E-state index in [4.69, 9.17) is 0 Å². The van der Waals surface area contributed by atoms with Gasteiger partial charge in [-0.3, -0.25) is 9.59 Å². The molecule has 1 fully saturated rings. The van der Waals surface area contributed by atoms with E-state index >= 15 is 0 Å². The first kappa shape index (κ1) is 18.4. The Labute approximate surface area is 154 Å². The van der Waals surface area contributed by atoms with Crippen LogP contribution in [0.5, 0.6) is 0 Å². The van der Waals surface area contributed by atoms with Crippen molar-refractivity contribution in [2.75, 3.05) is 33.7 Å². The second kappa shape index (κ2) is 7.45. The summed E-state index contributed by atoms with van der Waals surface area (Å²) in [5.74, 6) is 0.717. The Morgan fingerprint density at radius 2 is 2.15 bits per heavy atom. The molecule has 1 aromatic heterocycles. The molecule has 3 rings (SSSR count). The standard InChI is InChI=1S/C19H27N5O2/c1-13-21-16-9-14(5-6-17(16)23(13)4)11-20-19(26)15-10-18(25)24(12-15)8-7-22(2)3/h5-6,9,15H,7-8,10-12H2,1-4H3,(H,20,26)/t15-/m1/s1. The maximum atomic E-state index is 12.4. The van der Waals surface area contributed by atoms with E-state index in [-0.39, 0.29) is 17.7 Å². The third-order valence-electron chi connectivity index (χ3n) is 5.04. The van der Waals surface area contributed by atoms with Crippen LogP contribution < -0.4 is 5.32 Å². The second-order valence-corrected chi connectivity index (χ2v) is 7.30. The van der Waals surface area contributed by atoms with Crippen molar-refractivity contribution in [1.29, 1.82) is 0 Å². The van der Waals surface area contributed by atoms with Gasteiger partial charge in [0.05, 0.1) is 17.0 Å². The number of nitrogens with zero attached hydrogens (tertiary/aromatic N) is 4. The number of imidazole rings is 1. The molecule has 1 aliphatic rings. The number of likely N-dealkylation sites (N-methyl/N-ethyl adjacent to an activating group) is 1. The van der Waals surface area contributed by atoms with Crippen LogP contribution in [-0.4, -0.2) is 64.9 Å². The van der Waals surface area contributed by atoms with E-state index in [1.165, 1.54) is 0 Å². The molecule has 0 spiro atoms. The number of fused-ring (bicyclic) bond motifs is 1. The third-order valence-corrected chi connectivity index (χ3v) is 5.04. The summed E-state index contributed by atoms with van der Waals surface area (Å²) in [4.78, 5) is 32.9. The average Bonchev–Trinajstić information content (AvgIpc) is 3.10. The van der Waals surface area contributed by atoms with Crippen molar-refractivity contribution in [3.63, 3.8) is 0 Å². The SMILES string of the molecule is Cc1nc2cc(CNC(=O)[C@@H]3CC(=O)N(CCN(C)C)C3)ccc2n1C. The minimum Gasteiger partial charge on any atom is -0.352 e. The Kier molecular flexibility index (Phi) is 5.27. The molecule has 1 saturated heterocycles. The summed E-state index contributed by atoms with van der Waals surface area (Å²) in [7, 11) is 5.95. The molecule has 0 unspecified atom stereocenters. The molecule has 0 saturated carbocycles. The highest BCUT2D eigenvalue weighted by molar-refractivity contribution is 5.89. The Hall–Kier alpha value is -2.41. The first-order valence-electron chi connectivity index (χ1n) is 8.97. The number of nitrogens with one attached hydrogen (secondary N) is 1. The summed E-state index contributed by atoms with van der Waals surface area (Å²) in [6.45, 7) is 4.42. The van der Waals surface area contributed by atoms with Gasteiger partial charge in [-0.2, -0.15) is 0 Å². The number of amides is 2. The maximum Gasteiger partial charge on any atom is 0.225 e. The number of carbonyl (C=O) groups excluding carboxylic acids is 2. The van der Waals surface area contributed by atoms with Gasteiger partial charge in [0.1, 0.15) is 5.82 Å².